The molecular weight excluding hydrogens is 601 g/mol. The maximum atomic E-state index is 15.0. The quantitative estimate of drug-likeness (QED) is 0.272. The minimum absolute atomic E-state index is 0.0447. The van der Waals surface area contributed by atoms with Gasteiger partial charge >= 0.3 is 6.09 Å². The molecule has 5 rings (SSSR count). The second kappa shape index (κ2) is 16.1. The molecule has 1 aromatic heterocycles. The molecule has 0 aliphatic carbocycles. The zero-order chi connectivity index (χ0) is 32.5. The summed E-state index contributed by atoms with van der Waals surface area (Å²) in [5.41, 5.74) is 8.47. The summed E-state index contributed by atoms with van der Waals surface area (Å²) in [5.74, 6) is -2.45. The van der Waals surface area contributed by atoms with Crippen molar-refractivity contribution in [1.82, 2.24) is 15.6 Å². The molecule has 1 amide bonds. The van der Waals surface area contributed by atoms with Crippen molar-refractivity contribution in [2.75, 3.05) is 33.0 Å². The largest absolute Gasteiger partial charge is 0.448 e. The van der Waals surface area contributed by atoms with E-state index in [0.29, 0.717) is 61.5 Å². The van der Waals surface area contributed by atoms with Gasteiger partial charge in [-0.2, -0.15) is 0 Å². The lowest BCUT2D eigenvalue weighted by Crippen LogP contribution is -2.50. The van der Waals surface area contributed by atoms with Crippen molar-refractivity contribution < 1.29 is 37.0 Å². The van der Waals surface area contributed by atoms with E-state index in [1.54, 1.807) is 24.3 Å². The summed E-state index contributed by atoms with van der Waals surface area (Å²) in [7, 11) is 0. The number of benzene rings is 2. The number of nitrogens with two attached hydrogens (primary N) is 1. The van der Waals surface area contributed by atoms with Crippen molar-refractivity contribution >= 4 is 11.9 Å². The molecule has 1 unspecified atom stereocenters. The highest BCUT2D eigenvalue weighted by Crippen LogP contribution is 2.29. The normalized spacial score (nSPS) is 20.7. The van der Waals surface area contributed by atoms with E-state index in [4.69, 9.17) is 19.9 Å². The summed E-state index contributed by atoms with van der Waals surface area (Å²) in [4.78, 5) is 29.6. The number of rotatable bonds is 12. The zero-order valence-electron chi connectivity index (χ0n) is 25.4. The van der Waals surface area contributed by atoms with Crippen LogP contribution in [0.1, 0.15) is 47.4 Å². The highest BCUT2D eigenvalue weighted by molar-refractivity contribution is 5.87. The lowest BCUT2D eigenvalue weighted by atomic mass is 9.82. The van der Waals surface area contributed by atoms with E-state index in [1.165, 1.54) is 30.5 Å². The molecule has 246 valence electrons. The third-order valence-electron chi connectivity index (χ3n) is 8.43. The Morgan fingerprint density at radius 2 is 1.72 bits per heavy atom. The molecule has 2 aromatic carbocycles. The van der Waals surface area contributed by atoms with E-state index >= 15 is 4.39 Å². The van der Waals surface area contributed by atoms with Gasteiger partial charge in [-0.3, -0.25) is 9.78 Å². The van der Waals surface area contributed by atoms with Crippen molar-refractivity contribution in [3.63, 3.8) is 0 Å². The predicted molar refractivity (Wildman–Crippen MR) is 164 cm³/mol. The van der Waals surface area contributed by atoms with Gasteiger partial charge in [-0.1, -0.05) is 24.3 Å². The lowest BCUT2D eigenvalue weighted by molar-refractivity contribution is -0.119. The molecule has 9 nitrogen and oxygen atoms in total. The van der Waals surface area contributed by atoms with Gasteiger partial charge in [0.1, 0.15) is 24.1 Å². The summed E-state index contributed by atoms with van der Waals surface area (Å²) >= 11 is 0. The van der Waals surface area contributed by atoms with Crippen molar-refractivity contribution in [1.29, 1.82) is 0 Å². The molecule has 0 radical (unpaired) electrons. The first-order chi connectivity index (χ1) is 22.3. The molecule has 2 aliphatic heterocycles. The van der Waals surface area contributed by atoms with Gasteiger partial charge in [-0.25, -0.2) is 18.0 Å². The van der Waals surface area contributed by atoms with Crippen LogP contribution in [-0.2, 0) is 31.8 Å². The molecule has 4 N–H and O–H groups in total. The fourth-order valence-corrected chi connectivity index (χ4v) is 5.88. The number of hydrogen-bond donors (Lipinski definition) is 3. The SMILES string of the molecule is N[C@H](C(=O)Cc1cncc(F)c1CC[C@@H]1CN[C@H](COC(=O)NC2CCCOC2)CO1)C(c1ccc(F)cc1)c1ccc(F)cc1. The third-order valence-corrected chi connectivity index (χ3v) is 8.43. The van der Waals surface area contributed by atoms with Crippen LogP contribution in [0, 0.1) is 17.5 Å². The van der Waals surface area contributed by atoms with Gasteiger partial charge in [-0.05, 0) is 72.2 Å². The molecule has 0 saturated carbocycles. The average Bonchev–Trinajstić information content (AvgIpc) is 3.06. The number of amides is 1. The second-order valence-corrected chi connectivity index (χ2v) is 11.8. The maximum absolute atomic E-state index is 15.0. The highest BCUT2D eigenvalue weighted by Gasteiger charge is 2.29. The lowest BCUT2D eigenvalue weighted by Gasteiger charge is -2.30. The van der Waals surface area contributed by atoms with E-state index in [2.05, 4.69) is 15.6 Å². The van der Waals surface area contributed by atoms with Crippen LogP contribution in [0.3, 0.4) is 0 Å². The Hall–Kier alpha value is -3.84. The van der Waals surface area contributed by atoms with Crippen LogP contribution in [0.2, 0.25) is 0 Å². The van der Waals surface area contributed by atoms with Crippen LogP contribution in [-0.4, -0.2) is 74.1 Å². The molecule has 3 heterocycles. The summed E-state index contributed by atoms with van der Waals surface area (Å²) < 4.78 is 59.0. The molecule has 0 spiro atoms. The van der Waals surface area contributed by atoms with Gasteiger partial charge < -0.3 is 30.6 Å². The Morgan fingerprint density at radius 1 is 1.02 bits per heavy atom. The van der Waals surface area contributed by atoms with E-state index in [-0.39, 0.29) is 37.0 Å². The van der Waals surface area contributed by atoms with Crippen molar-refractivity contribution in [3.05, 3.63) is 101 Å². The Labute approximate surface area is 266 Å². The molecule has 3 aromatic rings. The summed E-state index contributed by atoms with van der Waals surface area (Å²) in [6.45, 7) is 2.13. The Bertz CT molecular complexity index is 1400. The first-order valence-corrected chi connectivity index (χ1v) is 15.5. The number of ketones is 1. The number of pyridine rings is 1. The van der Waals surface area contributed by atoms with Crippen LogP contribution in [0.25, 0.3) is 0 Å². The van der Waals surface area contributed by atoms with Gasteiger partial charge in [0.2, 0.25) is 0 Å². The van der Waals surface area contributed by atoms with Crippen LogP contribution < -0.4 is 16.4 Å². The van der Waals surface area contributed by atoms with Gasteiger partial charge in [0.25, 0.3) is 0 Å². The van der Waals surface area contributed by atoms with Gasteiger partial charge in [0.05, 0.1) is 43.6 Å². The molecule has 0 bridgehead atoms. The number of ether oxygens (including phenoxy) is 3. The number of carbonyl (C=O) groups excluding carboxylic acids is 2. The maximum Gasteiger partial charge on any atom is 0.407 e. The number of alkyl carbamates (subject to hydrolysis) is 1. The number of Topliss-reactive ketones (excluding diaryl/α,β-unsaturated/α-hetero) is 1. The Kier molecular flexibility index (Phi) is 11.8. The number of carbonyl (C=O) groups is 2. The van der Waals surface area contributed by atoms with Crippen LogP contribution in [0.5, 0.6) is 0 Å². The number of halogens is 3. The number of hydrogen-bond acceptors (Lipinski definition) is 8. The monoisotopic (exact) mass is 640 g/mol. The van der Waals surface area contributed by atoms with Crippen molar-refractivity contribution in [3.8, 4) is 0 Å². The molecule has 4 atom stereocenters. The van der Waals surface area contributed by atoms with Crippen molar-refractivity contribution in [2.24, 2.45) is 5.73 Å². The molecule has 2 fully saturated rings. The average molecular weight is 641 g/mol. The second-order valence-electron chi connectivity index (χ2n) is 11.8. The van der Waals surface area contributed by atoms with Crippen LogP contribution >= 0.6 is 0 Å². The fraction of sp³-hybridized carbons (Fsp3) is 0.441. The molecular formula is C34H39F3N4O5. The van der Waals surface area contributed by atoms with Gasteiger partial charge in [0, 0.05) is 31.7 Å². The third kappa shape index (κ3) is 9.12. The molecule has 2 aliphatic rings. The number of morpholine rings is 1. The smallest absolute Gasteiger partial charge is 0.407 e. The summed E-state index contributed by atoms with van der Waals surface area (Å²) in [6, 6.07) is 9.99. The molecule has 2 saturated heterocycles. The standard InChI is InChI=1S/C34H39F3N4O5/c35-24-7-3-21(4-8-24)32(22-5-9-25(36)10-6-22)33(38)31(42)14-23-15-39-17-30(37)29(23)12-11-28-16-40-27(19-45-28)20-46-34(43)41-26-2-1-13-44-18-26/h3-10,15,17,26-28,32-33,40H,1-2,11-14,16,18-20,38H2,(H,41,43)/t26?,27-,28+,33+/m0/s1. The van der Waals surface area contributed by atoms with E-state index in [1.807, 2.05) is 0 Å². The van der Waals surface area contributed by atoms with Crippen LogP contribution in [0.4, 0.5) is 18.0 Å². The van der Waals surface area contributed by atoms with Gasteiger partial charge in [0.15, 0.2) is 5.78 Å². The minimum atomic E-state index is -1.07. The van der Waals surface area contributed by atoms with Gasteiger partial charge in [-0.15, -0.1) is 0 Å². The fourth-order valence-electron chi connectivity index (χ4n) is 5.88. The zero-order valence-corrected chi connectivity index (χ0v) is 25.4. The minimum Gasteiger partial charge on any atom is -0.448 e. The Balaban J connectivity index is 1.16. The van der Waals surface area contributed by atoms with E-state index in [9.17, 15) is 18.4 Å². The number of aromatic nitrogens is 1. The Morgan fingerprint density at radius 3 is 2.33 bits per heavy atom. The van der Waals surface area contributed by atoms with Crippen molar-refractivity contribution in [2.45, 2.75) is 62.3 Å². The van der Waals surface area contributed by atoms with E-state index in [0.717, 1.165) is 19.0 Å². The highest BCUT2D eigenvalue weighted by atomic mass is 19.1. The number of nitrogens with one attached hydrogen (secondary N) is 2. The summed E-state index contributed by atoms with van der Waals surface area (Å²) in [5, 5.41) is 6.12. The molecule has 12 heteroatoms. The topological polar surface area (TPSA) is 125 Å². The van der Waals surface area contributed by atoms with Crippen LogP contribution in [0.15, 0.2) is 60.9 Å². The predicted octanol–water partition coefficient (Wildman–Crippen LogP) is 3.96. The first-order valence-electron chi connectivity index (χ1n) is 15.5. The summed E-state index contributed by atoms with van der Waals surface area (Å²) in [6.07, 6.45) is 4.23. The number of nitrogens with zero attached hydrogens (tertiary/aromatic N) is 1. The molecule has 46 heavy (non-hydrogen) atoms. The van der Waals surface area contributed by atoms with E-state index < -0.39 is 35.5 Å². The first kappa shape index (κ1) is 33.5.